The number of anilines is 1. The SMILES string of the molecule is CC(=O)Nc1nc(CN2CCN(CC(O)C(C)(C)C)CC2)cs1. The number of carbonyl (C=O) groups excluding carboxylic acids is 1. The molecule has 1 saturated heterocycles. The maximum Gasteiger partial charge on any atom is 0.223 e. The first-order valence-corrected chi connectivity index (χ1v) is 8.97. The van der Waals surface area contributed by atoms with Crippen LogP contribution >= 0.6 is 11.3 Å². The molecule has 1 unspecified atom stereocenters. The van der Waals surface area contributed by atoms with Crippen molar-refractivity contribution in [2.24, 2.45) is 5.41 Å². The highest BCUT2D eigenvalue weighted by Gasteiger charge is 2.26. The average molecular weight is 340 g/mol. The number of amides is 1. The Bertz CT molecular complexity index is 518. The number of aromatic nitrogens is 1. The summed E-state index contributed by atoms with van der Waals surface area (Å²) in [7, 11) is 0. The maximum atomic E-state index is 11.0. The van der Waals surface area contributed by atoms with Crippen molar-refractivity contribution in [1.29, 1.82) is 0 Å². The first-order chi connectivity index (χ1) is 10.7. The van der Waals surface area contributed by atoms with Gasteiger partial charge in [-0.2, -0.15) is 0 Å². The highest BCUT2D eigenvalue weighted by atomic mass is 32.1. The minimum absolute atomic E-state index is 0.0716. The molecule has 0 radical (unpaired) electrons. The van der Waals surface area contributed by atoms with Gasteiger partial charge in [0, 0.05) is 51.6 Å². The lowest BCUT2D eigenvalue weighted by atomic mass is 9.89. The molecule has 0 bridgehead atoms. The lowest BCUT2D eigenvalue weighted by Gasteiger charge is -2.37. The van der Waals surface area contributed by atoms with Gasteiger partial charge >= 0.3 is 0 Å². The number of thiazole rings is 1. The monoisotopic (exact) mass is 340 g/mol. The molecule has 2 N–H and O–H groups in total. The van der Waals surface area contributed by atoms with E-state index >= 15 is 0 Å². The first-order valence-electron chi connectivity index (χ1n) is 8.09. The average Bonchev–Trinajstić information content (AvgIpc) is 2.86. The van der Waals surface area contributed by atoms with Gasteiger partial charge in [-0.15, -0.1) is 11.3 Å². The maximum absolute atomic E-state index is 11.0. The van der Waals surface area contributed by atoms with Crippen molar-refractivity contribution in [3.05, 3.63) is 11.1 Å². The molecule has 0 spiro atoms. The van der Waals surface area contributed by atoms with Gasteiger partial charge in [0.1, 0.15) is 0 Å². The van der Waals surface area contributed by atoms with E-state index in [1.165, 1.54) is 18.3 Å². The van der Waals surface area contributed by atoms with Gasteiger partial charge in [-0.05, 0) is 5.41 Å². The first kappa shape index (κ1) is 18.3. The van der Waals surface area contributed by atoms with Gasteiger partial charge in [0.05, 0.1) is 11.8 Å². The second-order valence-electron chi connectivity index (χ2n) is 7.28. The molecule has 7 heteroatoms. The van der Waals surface area contributed by atoms with Gasteiger partial charge in [0.25, 0.3) is 0 Å². The standard InChI is InChI=1S/C16H28N4O2S/c1-12(21)17-15-18-13(11-23-15)9-19-5-7-20(8-6-19)10-14(22)16(2,3)4/h11,14,22H,5-10H2,1-4H3,(H,17,18,21). The summed E-state index contributed by atoms with van der Waals surface area (Å²) in [5.41, 5.74) is 0.930. The molecule has 130 valence electrons. The summed E-state index contributed by atoms with van der Waals surface area (Å²) in [6.07, 6.45) is -0.298. The lowest BCUT2D eigenvalue weighted by molar-refractivity contribution is -0.114. The molecule has 2 rings (SSSR count). The highest BCUT2D eigenvalue weighted by molar-refractivity contribution is 7.13. The zero-order chi connectivity index (χ0) is 17.0. The molecular weight excluding hydrogens is 312 g/mol. The third kappa shape index (κ3) is 5.84. The molecule has 1 aromatic heterocycles. The topological polar surface area (TPSA) is 68.7 Å². The quantitative estimate of drug-likeness (QED) is 0.853. The number of hydrogen-bond acceptors (Lipinski definition) is 6. The molecule has 1 fully saturated rings. The number of hydrogen-bond donors (Lipinski definition) is 2. The Balaban J connectivity index is 1.76. The fourth-order valence-corrected chi connectivity index (χ4v) is 3.21. The highest BCUT2D eigenvalue weighted by Crippen LogP contribution is 2.21. The van der Waals surface area contributed by atoms with Crippen LogP contribution in [-0.4, -0.2) is 64.6 Å². The summed E-state index contributed by atoms with van der Waals surface area (Å²) in [5.74, 6) is -0.0862. The van der Waals surface area contributed by atoms with Gasteiger partial charge in [0.2, 0.25) is 5.91 Å². The number of piperazine rings is 1. The fourth-order valence-electron chi connectivity index (χ4n) is 2.47. The molecule has 1 aliphatic heterocycles. The van der Waals surface area contributed by atoms with E-state index in [1.54, 1.807) is 0 Å². The molecule has 1 amide bonds. The van der Waals surface area contributed by atoms with E-state index in [0.717, 1.165) is 45.0 Å². The van der Waals surface area contributed by atoms with Crippen molar-refractivity contribution in [3.8, 4) is 0 Å². The minimum Gasteiger partial charge on any atom is -0.391 e. The second kappa shape index (κ2) is 7.70. The Hall–Kier alpha value is -1.02. The van der Waals surface area contributed by atoms with E-state index in [9.17, 15) is 9.90 Å². The second-order valence-corrected chi connectivity index (χ2v) is 8.14. The summed E-state index contributed by atoms with van der Waals surface area (Å²) in [4.78, 5) is 20.2. The van der Waals surface area contributed by atoms with Crippen LogP contribution in [0, 0.1) is 5.41 Å². The minimum atomic E-state index is -0.298. The van der Waals surface area contributed by atoms with Crippen LogP contribution in [0.5, 0.6) is 0 Å². The van der Waals surface area contributed by atoms with Crippen LogP contribution < -0.4 is 5.32 Å². The molecule has 0 aliphatic carbocycles. The third-order valence-corrected chi connectivity index (χ3v) is 4.92. The normalized spacial score (nSPS) is 18.8. The van der Waals surface area contributed by atoms with Crippen LogP contribution in [-0.2, 0) is 11.3 Å². The van der Waals surface area contributed by atoms with Gasteiger partial charge in [-0.25, -0.2) is 4.98 Å². The van der Waals surface area contributed by atoms with Gasteiger partial charge in [-0.3, -0.25) is 14.6 Å². The van der Waals surface area contributed by atoms with Crippen LogP contribution in [0.25, 0.3) is 0 Å². The van der Waals surface area contributed by atoms with Gasteiger partial charge in [0.15, 0.2) is 5.13 Å². The molecule has 2 heterocycles. The Labute approximate surface area is 142 Å². The number of aliphatic hydroxyl groups is 1. The molecular formula is C16H28N4O2S. The molecule has 1 aliphatic rings. The van der Waals surface area contributed by atoms with Crippen LogP contribution in [0.15, 0.2) is 5.38 Å². The Morgan fingerprint density at radius 3 is 2.52 bits per heavy atom. The van der Waals surface area contributed by atoms with E-state index < -0.39 is 0 Å². The number of nitrogens with one attached hydrogen (secondary N) is 1. The summed E-state index contributed by atoms with van der Waals surface area (Å²) in [6, 6.07) is 0. The molecule has 1 atom stereocenters. The van der Waals surface area contributed by atoms with Crippen LogP contribution in [0.3, 0.4) is 0 Å². The smallest absolute Gasteiger partial charge is 0.223 e. The molecule has 23 heavy (non-hydrogen) atoms. The molecule has 0 aromatic carbocycles. The number of carbonyl (C=O) groups is 1. The van der Waals surface area contributed by atoms with Crippen molar-refractivity contribution in [2.75, 3.05) is 38.0 Å². The zero-order valence-corrected chi connectivity index (χ0v) is 15.3. The molecule has 0 saturated carbocycles. The predicted octanol–water partition coefficient (Wildman–Crippen LogP) is 1.63. The number of β-amino-alcohol motifs (C(OH)–C–C–N with tert-alkyl or cyclic N) is 1. The van der Waals surface area contributed by atoms with Crippen LogP contribution in [0.4, 0.5) is 5.13 Å². The van der Waals surface area contributed by atoms with Crippen molar-refractivity contribution < 1.29 is 9.90 Å². The number of nitrogens with zero attached hydrogens (tertiary/aromatic N) is 3. The summed E-state index contributed by atoms with van der Waals surface area (Å²) in [5, 5.41) is 15.6. The van der Waals surface area contributed by atoms with Crippen LogP contribution in [0.2, 0.25) is 0 Å². The van der Waals surface area contributed by atoms with E-state index in [1.807, 2.05) is 5.38 Å². The summed E-state index contributed by atoms with van der Waals surface area (Å²) in [6.45, 7) is 13.1. The van der Waals surface area contributed by atoms with E-state index in [0.29, 0.717) is 5.13 Å². The number of aliphatic hydroxyl groups excluding tert-OH is 1. The van der Waals surface area contributed by atoms with Crippen molar-refractivity contribution in [3.63, 3.8) is 0 Å². The van der Waals surface area contributed by atoms with Crippen LogP contribution in [0.1, 0.15) is 33.4 Å². The largest absolute Gasteiger partial charge is 0.391 e. The molecule has 1 aromatic rings. The number of rotatable bonds is 5. The van der Waals surface area contributed by atoms with Crippen molar-refractivity contribution >= 4 is 22.4 Å². The van der Waals surface area contributed by atoms with Crippen molar-refractivity contribution in [1.82, 2.24) is 14.8 Å². The predicted molar refractivity (Wildman–Crippen MR) is 93.6 cm³/mol. The van der Waals surface area contributed by atoms with Gasteiger partial charge < -0.3 is 10.4 Å². The Kier molecular flexibility index (Phi) is 6.13. The van der Waals surface area contributed by atoms with E-state index in [4.69, 9.17) is 0 Å². The Morgan fingerprint density at radius 1 is 1.35 bits per heavy atom. The van der Waals surface area contributed by atoms with Gasteiger partial charge in [-0.1, -0.05) is 20.8 Å². The van der Waals surface area contributed by atoms with E-state index in [-0.39, 0.29) is 17.4 Å². The lowest BCUT2D eigenvalue weighted by Crippen LogP contribution is -2.49. The summed E-state index contributed by atoms with van der Waals surface area (Å²) < 4.78 is 0. The van der Waals surface area contributed by atoms with Crippen molar-refractivity contribution in [2.45, 2.75) is 40.3 Å². The third-order valence-electron chi connectivity index (χ3n) is 4.12. The fraction of sp³-hybridized carbons (Fsp3) is 0.750. The Morgan fingerprint density at radius 2 is 1.96 bits per heavy atom. The summed E-state index contributed by atoms with van der Waals surface area (Å²) >= 11 is 1.46. The molecule has 6 nitrogen and oxygen atoms in total. The van der Waals surface area contributed by atoms with E-state index in [2.05, 4.69) is 40.9 Å². The zero-order valence-electron chi connectivity index (χ0n) is 14.5.